The Morgan fingerprint density at radius 1 is 1.47 bits per heavy atom. The zero-order valence-electron chi connectivity index (χ0n) is 11.4. The average molecular weight is 288 g/mol. The zero-order chi connectivity index (χ0) is 14.0. The number of ether oxygens (including phenoxy) is 1. The molecule has 0 amide bonds. The van der Waals surface area contributed by atoms with Crippen LogP contribution in [0.4, 0.5) is 5.82 Å². The van der Waals surface area contributed by atoms with Gasteiger partial charge in [-0.05, 0) is 20.3 Å². The summed E-state index contributed by atoms with van der Waals surface area (Å²) in [5.74, 6) is 0.439. The molecule has 2 N–H and O–H groups in total. The number of nitrogens with zero attached hydrogens (tertiary/aromatic N) is 2. The molecule has 1 aliphatic heterocycles. The van der Waals surface area contributed by atoms with Crippen molar-refractivity contribution >= 4 is 16.0 Å². The quantitative estimate of drug-likeness (QED) is 0.855. The molecule has 2 heterocycles. The van der Waals surface area contributed by atoms with E-state index in [4.69, 9.17) is 4.74 Å². The van der Waals surface area contributed by atoms with Gasteiger partial charge in [0.1, 0.15) is 5.82 Å². The lowest BCUT2D eigenvalue weighted by Crippen LogP contribution is -2.50. The Hall–Kier alpha value is -1.12. The average Bonchev–Trinajstić information content (AvgIpc) is 2.74. The molecule has 2 unspecified atom stereocenters. The van der Waals surface area contributed by atoms with Gasteiger partial charge in [0.15, 0.2) is 0 Å². The SMILES string of the molecule is CCc1cn[nH]c1NS(=O)(=O)N1CC(C)OC(C)C1. The summed E-state index contributed by atoms with van der Waals surface area (Å²) in [4.78, 5) is 0. The van der Waals surface area contributed by atoms with E-state index < -0.39 is 10.2 Å². The zero-order valence-corrected chi connectivity index (χ0v) is 12.2. The molecule has 0 spiro atoms. The molecule has 19 heavy (non-hydrogen) atoms. The highest BCUT2D eigenvalue weighted by molar-refractivity contribution is 7.90. The van der Waals surface area contributed by atoms with Crippen molar-refractivity contribution in [1.29, 1.82) is 0 Å². The summed E-state index contributed by atoms with van der Waals surface area (Å²) in [7, 11) is -3.57. The van der Waals surface area contributed by atoms with Crippen molar-refractivity contribution in [2.75, 3.05) is 17.8 Å². The Morgan fingerprint density at radius 3 is 2.68 bits per heavy atom. The number of hydrogen-bond donors (Lipinski definition) is 2. The lowest BCUT2D eigenvalue weighted by Gasteiger charge is -2.34. The van der Waals surface area contributed by atoms with Crippen LogP contribution in [-0.2, 0) is 21.4 Å². The summed E-state index contributed by atoms with van der Waals surface area (Å²) in [6.07, 6.45) is 2.13. The van der Waals surface area contributed by atoms with E-state index in [9.17, 15) is 8.42 Å². The maximum Gasteiger partial charge on any atom is 0.302 e. The number of aryl methyl sites for hydroxylation is 1. The van der Waals surface area contributed by atoms with E-state index >= 15 is 0 Å². The van der Waals surface area contributed by atoms with Gasteiger partial charge in [0, 0.05) is 18.7 Å². The number of nitrogens with one attached hydrogen (secondary N) is 2. The molecule has 0 bridgehead atoms. The highest BCUT2D eigenvalue weighted by Crippen LogP contribution is 2.18. The first-order valence-electron chi connectivity index (χ1n) is 6.38. The van der Waals surface area contributed by atoms with Crippen molar-refractivity contribution in [2.45, 2.75) is 39.4 Å². The summed E-state index contributed by atoms with van der Waals surface area (Å²) in [5.41, 5.74) is 0.845. The van der Waals surface area contributed by atoms with Gasteiger partial charge in [0.05, 0.1) is 18.4 Å². The lowest BCUT2D eigenvalue weighted by atomic mass is 10.3. The van der Waals surface area contributed by atoms with E-state index in [2.05, 4.69) is 14.9 Å². The predicted molar refractivity (Wildman–Crippen MR) is 72.1 cm³/mol. The van der Waals surface area contributed by atoms with E-state index in [0.29, 0.717) is 25.3 Å². The molecule has 0 aliphatic carbocycles. The van der Waals surface area contributed by atoms with Crippen LogP contribution < -0.4 is 4.72 Å². The van der Waals surface area contributed by atoms with Gasteiger partial charge < -0.3 is 4.74 Å². The van der Waals surface area contributed by atoms with Crippen LogP contribution in [0.5, 0.6) is 0 Å². The van der Waals surface area contributed by atoms with Gasteiger partial charge in [-0.3, -0.25) is 9.82 Å². The number of aromatic nitrogens is 2. The first kappa shape index (κ1) is 14.3. The minimum atomic E-state index is -3.57. The molecule has 1 aliphatic rings. The largest absolute Gasteiger partial charge is 0.373 e. The number of hydrogen-bond acceptors (Lipinski definition) is 4. The van der Waals surface area contributed by atoms with Crippen LogP contribution in [0.2, 0.25) is 0 Å². The molecule has 2 atom stereocenters. The minimum absolute atomic E-state index is 0.104. The molecule has 0 saturated carbocycles. The van der Waals surface area contributed by atoms with Crippen molar-refractivity contribution in [3.8, 4) is 0 Å². The van der Waals surface area contributed by atoms with Gasteiger partial charge >= 0.3 is 10.2 Å². The number of aromatic amines is 1. The van der Waals surface area contributed by atoms with Crippen LogP contribution >= 0.6 is 0 Å². The normalized spacial score (nSPS) is 25.4. The second kappa shape index (κ2) is 5.48. The first-order chi connectivity index (χ1) is 8.92. The monoisotopic (exact) mass is 288 g/mol. The fraction of sp³-hybridized carbons (Fsp3) is 0.727. The van der Waals surface area contributed by atoms with E-state index in [0.717, 1.165) is 5.56 Å². The molecule has 0 radical (unpaired) electrons. The Balaban J connectivity index is 2.14. The van der Waals surface area contributed by atoms with Gasteiger partial charge in [0.25, 0.3) is 0 Å². The third kappa shape index (κ3) is 3.26. The van der Waals surface area contributed by atoms with Crippen molar-refractivity contribution in [3.63, 3.8) is 0 Å². The van der Waals surface area contributed by atoms with E-state index in [-0.39, 0.29) is 12.2 Å². The Labute approximate surface area is 113 Å². The van der Waals surface area contributed by atoms with E-state index in [1.165, 1.54) is 4.31 Å². The van der Waals surface area contributed by atoms with Gasteiger partial charge in [-0.15, -0.1) is 0 Å². The summed E-state index contributed by atoms with van der Waals surface area (Å²) >= 11 is 0. The number of rotatable bonds is 4. The first-order valence-corrected chi connectivity index (χ1v) is 7.82. The van der Waals surface area contributed by atoms with Crippen LogP contribution in [-0.4, -0.2) is 48.2 Å². The number of morpholine rings is 1. The van der Waals surface area contributed by atoms with Crippen LogP contribution in [0.1, 0.15) is 26.3 Å². The standard InChI is InChI=1S/C11H20N4O3S/c1-4-10-5-12-13-11(10)14-19(16,17)15-6-8(2)18-9(3)7-15/h5,8-9H,4,6-7H2,1-3H3,(H2,12,13,14). The van der Waals surface area contributed by atoms with E-state index in [1.54, 1.807) is 6.20 Å². The fourth-order valence-electron chi connectivity index (χ4n) is 2.19. The van der Waals surface area contributed by atoms with E-state index in [1.807, 2.05) is 20.8 Å². The number of anilines is 1. The fourth-order valence-corrected chi connectivity index (χ4v) is 3.56. The van der Waals surface area contributed by atoms with Crippen molar-refractivity contribution in [1.82, 2.24) is 14.5 Å². The molecule has 0 aromatic carbocycles. The summed E-state index contributed by atoms with van der Waals surface area (Å²) in [5, 5.41) is 6.53. The molecular weight excluding hydrogens is 268 g/mol. The van der Waals surface area contributed by atoms with Gasteiger partial charge in [-0.25, -0.2) is 0 Å². The van der Waals surface area contributed by atoms with Crippen molar-refractivity contribution in [2.24, 2.45) is 0 Å². The molecular formula is C11H20N4O3S. The molecule has 8 heteroatoms. The second-order valence-corrected chi connectivity index (χ2v) is 6.48. The maximum absolute atomic E-state index is 12.3. The molecule has 2 rings (SSSR count). The summed E-state index contributed by atoms with van der Waals surface area (Å²) in [6, 6.07) is 0. The highest BCUT2D eigenvalue weighted by Gasteiger charge is 2.31. The van der Waals surface area contributed by atoms with Crippen LogP contribution in [0.3, 0.4) is 0 Å². The predicted octanol–water partition coefficient (Wildman–Crippen LogP) is 0.738. The van der Waals surface area contributed by atoms with Crippen LogP contribution in [0.25, 0.3) is 0 Å². The Kier molecular flexibility index (Phi) is 4.12. The smallest absolute Gasteiger partial charge is 0.302 e. The third-order valence-electron chi connectivity index (χ3n) is 3.06. The topological polar surface area (TPSA) is 87.3 Å². The summed E-state index contributed by atoms with van der Waals surface area (Å²) < 4.78 is 34.1. The maximum atomic E-state index is 12.3. The van der Waals surface area contributed by atoms with Gasteiger partial charge in [-0.1, -0.05) is 6.92 Å². The Bertz CT molecular complexity index is 518. The summed E-state index contributed by atoms with van der Waals surface area (Å²) in [6.45, 7) is 6.39. The second-order valence-electron chi connectivity index (χ2n) is 4.81. The molecule has 108 valence electrons. The highest BCUT2D eigenvalue weighted by atomic mass is 32.2. The number of H-pyrrole nitrogens is 1. The van der Waals surface area contributed by atoms with Crippen molar-refractivity contribution in [3.05, 3.63) is 11.8 Å². The third-order valence-corrected chi connectivity index (χ3v) is 4.50. The van der Waals surface area contributed by atoms with Crippen molar-refractivity contribution < 1.29 is 13.2 Å². The molecule has 1 fully saturated rings. The van der Waals surface area contributed by atoms with Gasteiger partial charge in [0.2, 0.25) is 0 Å². The van der Waals surface area contributed by atoms with Crippen LogP contribution in [0.15, 0.2) is 6.20 Å². The Morgan fingerprint density at radius 2 is 2.11 bits per heavy atom. The molecule has 1 aromatic heterocycles. The van der Waals surface area contributed by atoms with Crippen LogP contribution in [0, 0.1) is 0 Å². The molecule has 7 nitrogen and oxygen atoms in total. The lowest BCUT2D eigenvalue weighted by molar-refractivity contribution is -0.0439. The molecule has 1 aromatic rings. The minimum Gasteiger partial charge on any atom is -0.373 e. The molecule has 1 saturated heterocycles. The van der Waals surface area contributed by atoms with Gasteiger partial charge in [-0.2, -0.15) is 17.8 Å².